The Morgan fingerprint density at radius 1 is 1.36 bits per heavy atom. The monoisotopic (exact) mass is 155 g/mol. The van der Waals surface area contributed by atoms with Gasteiger partial charge in [-0.15, -0.1) is 0 Å². The zero-order chi connectivity index (χ0) is 8.27. The Labute approximate surface area is 70.4 Å². The molecule has 1 nitrogen and oxygen atoms in total. The van der Waals surface area contributed by atoms with Crippen molar-refractivity contribution in [2.24, 2.45) is 17.6 Å². The lowest BCUT2D eigenvalue weighted by atomic mass is 9.78. The van der Waals surface area contributed by atoms with E-state index >= 15 is 0 Å². The lowest BCUT2D eigenvalue weighted by molar-refractivity contribution is 0.241. The highest BCUT2D eigenvalue weighted by atomic mass is 14.7. The van der Waals surface area contributed by atoms with Crippen molar-refractivity contribution in [2.75, 3.05) is 0 Å². The predicted octanol–water partition coefficient (Wildman–Crippen LogP) is 2.55. The first kappa shape index (κ1) is 9.05. The van der Waals surface area contributed by atoms with Crippen LogP contribution in [0.4, 0.5) is 0 Å². The average Bonchev–Trinajstić information content (AvgIpc) is 1.98. The van der Waals surface area contributed by atoms with Gasteiger partial charge in [0.1, 0.15) is 0 Å². The van der Waals surface area contributed by atoms with Crippen molar-refractivity contribution in [1.82, 2.24) is 0 Å². The Bertz CT molecular complexity index is 111. The fourth-order valence-corrected chi connectivity index (χ4v) is 2.12. The first-order valence-corrected chi connectivity index (χ1v) is 4.99. The van der Waals surface area contributed by atoms with Gasteiger partial charge in [0.05, 0.1) is 0 Å². The topological polar surface area (TPSA) is 26.0 Å². The minimum atomic E-state index is 0.486. The van der Waals surface area contributed by atoms with Gasteiger partial charge < -0.3 is 5.73 Å². The van der Waals surface area contributed by atoms with Gasteiger partial charge in [-0.3, -0.25) is 0 Å². The van der Waals surface area contributed by atoms with E-state index in [1.165, 1.54) is 32.1 Å². The molecule has 1 fully saturated rings. The Morgan fingerprint density at radius 2 is 2.09 bits per heavy atom. The van der Waals surface area contributed by atoms with Gasteiger partial charge in [0.2, 0.25) is 0 Å². The number of rotatable bonds is 2. The summed E-state index contributed by atoms with van der Waals surface area (Å²) in [5.74, 6) is 1.70. The number of nitrogens with two attached hydrogens (primary N) is 1. The molecule has 0 bridgehead atoms. The molecular formula is C10H21N. The van der Waals surface area contributed by atoms with Gasteiger partial charge in [0, 0.05) is 6.04 Å². The van der Waals surface area contributed by atoms with E-state index in [2.05, 4.69) is 13.8 Å². The Kier molecular flexibility index (Phi) is 3.38. The molecule has 0 aromatic carbocycles. The van der Waals surface area contributed by atoms with Crippen LogP contribution in [0, 0.1) is 11.8 Å². The van der Waals surface area contributed by atoms with Crippen molar-refractivity contribution in [3.8, 4) is 0 Å². The van der Waals surface area contributed by atoms with Crippen molar-refractivity contribution < 1.29 is 0 Å². The number of hydrogen-bond donors (Lipinski definition) is 1. The first-order valence-electron chi connectivity index (χ1n) is 4.99. The van der Waals surface area contributed by atoms with Crippen molar-refractivity contribution in [3.05, 3.63) is 0 Å². The maximum atomic E-state index is 6.00. The highest BCUT2D eigenvalue weighted by molar-refractivity contribution is 4.79. The van der Waals surface area contributed by atoms with Gasteiger partial charge in [-0.2, -0.15) is 0 Å². The highest BCUT2D eigenvalue weighted by Crippen LogP contribution is 2.30. The minimum absolute atomic E-state index is 0.486. The van der Waals surface area contributed by atoms with E-state index < -0.39 is 0 Å². The third-order valence-electron chi connectivity index (χ3n) is 3.06. The number of hydrogen-bond acceptors (Lipinski definition) is 1. The second-order valence-corrected chi connectivity index (χ2v) is 4.11. The summed E-state index contributed by atoms with van der Waals surface area (Å²) in [7, 11) is 0. The van der Waals surface area contributed by atoms with Crippen molar-refractivity contribution in [1.29, 1.82) is 0 Å². The molecule has 1 saturated carbocycles. The second kappa shape index (κ2) is 4.10. The van der Waals surface area contributed by atoms with Crippen LogP contribution in [0.5, 0.6) is 0 Å². The quantitative estimate of drug-likeness (QED) is 0.651. The zero-order valence-corrected chi connectivity index (χ0v) is 7.84. The molecule has 3 atom stereocenters. The summed E-state index contributed by atoms with van der Waals surface area (Å²) < 4.78 is 0. The van der Waals surface area contributed by atoms with Crippen LogP contribution in [-0.2, 0) is 0 Å². The van der Waals surface area contributed by atoms with Gasteiger partial charge in [0.15, 0.2) is 0 Å². The van der Waals surface area contributed by atoms with Crippen LogP contribution in [0.25, 0.3) is 0 Å². The molecule has 0 aliphatic heterocycles. The molecule has 0 aromatic rings. The summed E-state index contributed by atoms with van der Waals surface area (Å²) in [5.41, 5.74) is 6.00. The largest absolute Gasteiger partial charge is 0.327 e. The fourth-order valence-electron chi connectivity index (χ4n) is 2.12. The van der Waals surface area contributed by atoms with Gasteiger partial charge in [-0.05, 0) is 24.7 Å². The molecule has 1 rings (SSSR count). The smallest absolute Gasteiger partial charge is 0.00671 e. The lowest BCUT2D eigenvalue weighted by Crippen LogP contribution is -2.34. The molecule has 0 heterocycles. The van der Waals surface area contributed by atoms with Crippen LogP contribution in [-0.4, -0.2) is 6.04 Å². The molecule has 0 spiro atoms. The normalized spacial score (nSPS) is 39.0. The van der Waals surface area contributed by atoms with Crippen LogP contribution in [0.3, 0.4) is 0 Å². The van der Waals surface area contributed by atoms with E-state index in [4.69, 9.17) is 5.73 Å². The van der Waals surface area contributed by atoms with Gasteiger partial charge >= 0.3 is 0 Å². The molecule has 1 heteroatoms. The highest BCUT2D eigenvalue weighted by Gasteiger charge is 2.23. The molecule has 1 aliphatic rings. The van der Waals surface area contributed by atoms with E-state index in [1.54, 1.807) is 0 Å². The molecular weight excluding hydrogens is 134 g/mol. The lowest BCUT2D eigenvalue weighted by Gasteiger charge is -2.31. The maximum absolute atomic E-state index is 6.00. The van der Waals surface area contributed by atoms with Crippen LogP contribution >= 0.6 is 0 Å². The maximum Gasteiger partial charge on any atom is 0.00671 e. The second-order valence-electron chi connectivity index (χ2n) is 4.11. The molecule has 0 aromatic heterocycles. The van der Waals surface area contributed by atoms with Crippen LogP contribution in [0.15, 0.2) is 0 Å². The third kappa shape index (κ3) is 2.48. The van der Waals surface area contributed by atoms with Gasteiger partial charge in [0.25, 0.3) is 0 Å². The molecule has 0 saturated heterocycles. The minimum Gasteiger partial charge on any atom is -0.327 e. The first-order chi connectivity index (χ1) is 5.24. The Hall–Kier alpha value is -0.0400. The van der Waals surface area contributed by atoms with E-state index in [9.17, 15) is 0 Å². The molecule has 0 amide bonds. The molecule has 0 radical (unpaired) electrons. The average molecular weight is 155 g/mol. The van der Waals surface area contributed by atoms with Crippen LogP contribution in [0.2, 0.25) is 0 Å². The predicted molar refractivity (Wildman–Crippen MR) is 49.4 cm³/mol. The van der Waals surface area contributed by atoms with Crippen molar-refractivity contribution >= 4 is 0 Å². The SMILES string of the molecule is CCC[C@@H]1CC[C@H](C)[C@H](N)C1. The van der Waals surface area contributed by atoms with E-state index in [0.29, 0.717) is 6.04 Å². The summed E-state index contributed by atoms with van der Waals surface area (Å²) >= 11 is 0. The summed E-state index contributed by atoms with van der Waals surface area (Å²) in [6.45, 7) is 4.55. The summed E-state index contributed by atoms with van der Waals surface area (Å²) in [4.78, 5) is 0. The van der Waals surface area contributed by atoms with Crippen molar-refractivity contribution in [2.45, 2.75) is 52.0 Å². The fraction of sp³-hybridized carbons (Fsp3) is 1.00. The van der Waals surface area contributed by atoms with E-state index in [-0.39, 0.29) is 0 Å². The Morgan fingerprint density at radius 3 is 2.64 bits per heavy atom. The summed E-state index contributed by atoms with van der Waals surface area (Å²) in [6.07, 6.45) is 6.76. The molecule has 0 unspecified atom stereocenters. The molecule has 1 aliphatic carbocycles. The molecule has 2 N–H and O–H groups in total. The molecule has 11 heavy (non-hydrogen) atoms. The zero-order valence-electron chi connectivity index (χ0n) is 7.84. The standard InChI is InChI=1S/C10H21N/c1-3-4-9-6-5-8(2)10(11)7-9/h8-10H,3-7,11H2,1-2H3/t8-,9+,10+/m0/s1. The third-order valence-corrected chi connectivity index (χ3v) is 3.06. The molecule has 66 valence electrons. The summed E-state index contributed by atoms with van der Waals surface area (Å²) in [5, 5.41) is 0. The van der Waals surface area contributed by atoms with Crippen molar-refractivity contribution in [3.63, 3.8) is 0 Å². The van der Waals surface area contributed by atoms with Gasteiger partial charge in [-0.25, -0.2) is 0 Å². The van der Waals surface area contributed by atoms with Crippen LogP contribution < -0.4 is 5.73 Å². The van der Waals surface area contributed by atoms with Crippen LogP contribution in [0.1, 0.15) is 46.0 Å². The Balaban J connectivity index is 2.28. The van der Waals surface area contributed by atoms with Gasteiger partial charge in [-0.1, -0.05) is 33.1 Å². The van der Waals surface area contributed by atoms with E-state index in [1.807, 2.05) is 0 Å². The summed E-state index contributed by atoms with van der Waals surface area (Å²) in [6, 6.07) is 0.486. The van der Waals surface area contributed by atoms with E-state index in [0.717, 1.165) is 11.8 Å².